The van der Waals surface area contributed by atoms with Gasteiger partial charge in [-0.25, -0.2) is 9.59 Å². The SMILES string of the molecule is Nc1cc(C(=O)O)cc(C(=O)O)c1.Nc1cc(OCCCS(=O)(=O)O)c(N)cc1I. The van der Waals surface area contributed by atoms with E-state index in [2.05, 4.69) is 0 Å². The van der Waals surface area contributed by atoms with E-state index >= 15 is 0 Å². The summed E-state index contributed by atoms with van der Waals surface area (Å²) in [7, 11) is -3.94. The van der Waals surface area contributed by atoms with Crippen LogP contribution < -0.4 is 21.9 Å². The molecule has 0 spiro atoms. The molecule has 0 aliphatic rings. The molecule has 0 saturated carbocycles. The number of anilines is 3. The first-order valence-corrected chi connectivity index (χ1v) is 10.8. The van der Waals surface area contributed by atoms with Crippen molar-refractivity contribution in [2.45, 2.75) is 6.42 Å². The number of aromatic carboxylic acids is 2. The number of carboxylic acids is 2. The molecule has 0 heterocycles. The molecule has 0 fully saturated rings. The van der Waals surface area contributed by atoms with Crippen LogP contribution in [0.1, 0.15) is 27.1 Å². The van der Waals surface area contributed by atoms with E-state index in [0.29, 0.717) is 17.1 Å². The lowest BCUT2D eigenvalue weighted by Crippen LogP contribution is -2.09. The number of halogens is 1. The highest BCUT2D eigenvalue weighted by molar-refractivity contribution is 14.1. The molecular formula is C17H20IN3O8S. The van der Waals surface area contributed by atoms with Crippen molar-refractivity contribution in [1.29, 1.82) is 0 Å². The highest BCUT2D eigenvalue weighted by atomic mass is 127. The molecular weight excluding hydrogens is 533 g/mol. The van der Waals surface area contributed by atoms with Crippen LogP contribution in [0.2, 0.25) is 0 Å². The Kier molecular flexibility index (Phi) is 9.13. The summed E-state index contributed by atoms with van der Waals surface area (Å²) >= 11 is 2.05. The minimum Gasteiger partial charge on any atom is -0.491 e. The van der Waals surface area contributed by atoms with E-state index in [4.69, 9.17) is 36.7 Å². The number of carbonyl (C=O) groups is 2. The van der Waals surface area contributed by atoms with E-state index in [1.807, 2.05) is 22.6 Å². The predicted molar refractivity (Wildman–Crippen MR) is 119 cm³/mol. The predicted octanol–water partition coefficient (Wildman–Crippen LogP) is 1.78. The molecule has 0 amide bonds. The molecule has 13 heteroatoms. The number of nitrogens with two attached hydrogens (primary N) is 3. The minimum absolute atomic E-state index is 0.123. The summed E-state index contributed by atoms with van der Waals surface area (Å²) in [6.45, 7) is 0.143. The molecule has 11 nitrogen and oxygen atoms in total. The van der Waals surface area contributed by atoms with Crippen molar-refractivity contribution in [2.24, 2.45) is 0 Å². The van der Waals surface area contributed by atoms with Crippen LogP contribution in [0.25, 0.3) is 0 Å². The largest absolute Gasteiger partial charge is 0.491 e. The van der Waals surface area contributed by atoms with Gasteiger partial charge in [-0.15, -0.1) is 0 Å². The Balaban J connectivity index is 0.000000311. The van der Waals surface area contributed by atoms with Gasteiger partial charge >= 0.3 is 11.9 Å². The summed E-state index contributed by atoms with van der Waals surface area (Å²) in [6.07, 6.45) is 0.185. The lowest BCUT2D eigenvalue weighted by molar-refractivity contribution is 0.0696. The highest BCUT2D eigenvalue weighted by Gasteiger charge is 2.10. The molecule has 2 aromatic rings. The van der Waals surface area contributed by atoms with Gasteiger partial charge in [0.2, 0.25) is 0 Å². The van der Waals surface area contributed by atoms with Crippen LogP contribution in [0.15, 0.2) is 30.3 Å². The van der Waals surface area contributed by atoms with Crippen molar-refractivity contribution < 1.29 is 37.5 Å². The Labute approximate surface area is 185 Å². The van der Waals surface area contributed by atoms with Crippen molar-refractivity contribution in [3.05, 3.63) is 45.0 Å². The molecule has 30 heavy (non-hydrogen) atoms. The van der Waals surface area contributed by atoms with E-state index < -0.39 is 22.1 Å². The molecule has 9 N–H and O–H groups in total. The number of rotatable bonds is 7. The third kappa shape index (κ3) is 8.71. The second-order valence-corrected chi connectivity index (χ2v) is 8.59. The van der Waals surface area contributed by atoms with E-state index in [9.17, 15) is 18.0 Å². The van der Waals surface area contributed by atoms with Crippen molar-refractivity contribution in [3.8, 4) is 5.75 Å². The van der Waals surface area contributed by atoms with Gasteiger partial charge in [-0.3, -0.25) is 4.55 Å². The van der Waals surface area contributed by atoms with Crippen LogP contribution in [-0.2, 0) is 10.1 Å². The van der Waals surface area contributed by atoms with Gasteiger partial charge in [-0.1, -0.05) is 0 Å². The molecule has 0 bridgehead atoms. The Morgan fingerprint density at radius 1 is 0.933 bits per heavy atom. The minimum atomic E-state index is -3.94. The van der Waals surface area contributed by atoms with Gasteiger partial charge in [0, 0.05) is 21.0 Å². The smallest absolute Gasteiger partial charge is 0.335 e. The molecule has 2 rings (SSSR count). The highest BCUT2D eigenvalue weighted by Crippen LogP contribution is 2.28. The van der Waals surface area contributed by atoms with E-state index in [1.54, 1.807) is 12.1 Å². The number of benzene rings is 2. The van der Waals surface area contributed by atoms with Gasteiger partial charge in [0.15, 0.2) is 0 Å². The quantitative estimate of drug-likeness (QED) is 0.126. The summed E-state index contributed by atoms with van der Waals surface area (Å²) in [5.41, 5.74) is 17.6. The molecule has 0 radical (unpaired) electrons. The number of carboxylic acid groups (broad SMARTS) is 2. The number of nitrogen functional groups attached to an aromatic ring is 3. The molecule has 0 aromatic heterocycles. The van der Waals surface area contributed by atoms with Gasteiger partial charge in [-0.2, -0.15) is 8.42 Å². The third-order valence-electron chi connectivity index (χ3n) is 3.38. The first-order chi connectivity index (χ1) is 13.8. The topological polar surface area (TPSA) is 216 Å². The number of hydrogen-bond acceptors (Lipinski definition) is 8. The monoisotopic (exact) mass is 553 g/mol. The summed E-state index contributed by atoms with van der Waals surface area (Å²) < 4.78 is 35.6. The standard InChI is InChI=1S/C9H13IN2O4S.C8H7NO4/c10-6-4-8(12)9(5-7(6)11)16-2-1-3-17(13,14)15;9-6-2-4(7(10)11)1-5(3-6)8(12)13/h4-5H,1-3,11-12H2,(H,13,14,15);1-3H,9H2,(H,10,11)(H,12,13). The van der Waals surface area contributed by atoms with Crippen LogP contribution in [0.4, 0.5) is 17.1 Å². The van der Waals surface area contributed by atoms with Crippen LogP contribution in [0, 0.1) is 3.57 Å². The van der Waals surface area contributed by atoms with Gasteiger partial charge < -0.3 is 32.2 Å². The lowest BCUT2D eigenvalue weighted by atomic mass is 10.1. The van der Waals surface area contributed by atoms with E-state index in [1.165, 1.54) is 12.1 Å². The zero-order chi connectivity index (χ0) is 23.1. The molecule has 0 aliphatic heterocycles. The van der Waals surface area contributed by atoms with Crippen molar-refractivity contribution >= 4 is 61.7 Å². The van der Waals surface area contributed by atoms with Crippen molar-refractivity contribution in [3.63, 3.8) is 0 Å². The molecule has 0 saturated heterocycles. The average Bonchev–Trinajstić information content (AvgIpc) is 2.62. The first kappa shape index (κ1) is 25.3. The van der Waals surface area contributed by atoms with Gasteiger partial charge in [0.25, 0.3) is 10.1 Å². The van der Waals surface area contributed by atoms with Crippen LogP contribution in [0.3, 0.4) is 0 Å². The molecule has 0 atom stereocenters. The second kappa shape index (κ2) is 10.8. The van der Waals surface area contributed by atoms with Crippen LogP contribution in [0.5, 0.6) is 5.75 Å². The Morgan fingerprint density at radius 2 is 1.47 bits per heavy atom. The fourth-order valence-electron chi connectivity index (χ4n) is 2.03. The zero-order valence-corrected chi connectivity index (χ0v) is 18.4. The normalized spacial score (nSPS) is 10.6. The van der Waals surface area contributed by atoms with Gasteiger partial charge in [0.05, 0.1) is 29.2 Å². The van der Waals surface area contributed by atoms with Gasteiger partial charge in [0.1, 0.15) is 5.75 Å². The Morgan fingerprint density at radius 3 is 1.93 bits per heavy atom. The maximum atomic E-state index is 10.5. The fourth-order valence-corrected chi connectivity index (χ4v) is 3.01. The van der Waals surface area contributed by atoms with Crippen LogP contribution >= 0.6 is 22.6 Å². The Bertz CT molecular complexity index is 1010. The van der Waals surface area contributed by atoms with E-state index in [-0.39, 0.29) is 35.6 Å². The second-order valence-electron chi connectivity index (χ2n) is 5.85. The third-order valence-corrected chi connectivity index (χ3v) is 5.12. The summed E-state index contributed by atoms with van der Waals surface area (Å²) in [6, 6.07) is 6.73. The summed E-state index contributed by atoms with van der Waals surface area (Å²) in [4.78, 5) is 21.0. The van der Waals surface area contributed by atoms with Crippen LogP contribution in [-0.4, -0.2) is 47.5 Å². The molecule has 0 unspecified atom stereocenters. The number of ether oxygens (including phenoxy) is 1. The lowest BCUT2D eigenvalue weighted by Gasteiger charge is -2.10. The van der Waals surface area contributed by atoms with Crippen molar-refractivity contribution in [2.75, 3.05) is 29.6 Å². The first-order valence-electron chi connectivity index (χ1n) is 8.09. The maximum absolute atomic E-state index is 10.5. The summed E-state index contributed by atoms with van der Waals surface area (Å²) in [5.74, 6) is -2.32. The fraction of sp³-hybridized carbons (Fsp3) is 0.176. The van der Waals surface area contributed by atoms with Crippen molar-refractivity contribution in [1.82, 2.24) is 0 Å². The number of hydrogen-bond donors (Lipinski definition) is 6. The van der Waals surface area contributed by atoms with Gasteiger partial charge in [-0.05, 0) is 53.3 Å². The summed E-state index contributed by atoms with van der Waals surface area (Å²) in [5, 5.41) is 17.1. The van der Waals surface area contributed by atoms with E-state index in [0.717, 1.165) is 9.64 Å². The zero-order valence-electron chi connectivity index (χ0n) is 15.4. The molecule has 164 valence electrons. The average molecular weight is 553 g/mol. The molecule has 0 aliphatic carbocycles. The molecule has 2 aromatic carbocycles. The Hall–Kier alpha value is -2.78. The maximum Gasteiger partial charge on any atom is 0.335 e.